The molecule has 0 atom stereocenters. The van der Waals surface area contributed by atoms with Gasteiger partial charge in [0, 0.05) is 11.1 Å². The van der Waals surface area contributed by atoms with E-state index in [1.54, 1.807) is 25.1 Å². The van der Waals surface area contributed by atoms with E-state index in [0.717, 1.165) is 0 Å². The van der Waals surface area contributed by atoms with Crippen LogP contribution in [0.1, 0.15) is 28.4 Å². The van der Waals surface area contributed by atoms with Crippen LogP contribution >= 0.6 is 11.6 Å². The van der Waals surface area contributed by atoms with Crippen LogP contribution in [0.15, 0.2) is 36.4 Å². The summed E-state index contributed by atoms with van der Waals surface area (Å²) in [5.41, 5.74) is 1.32. The summed E-state index contributed by atoms with van der Waals surface area (Å²) in [5, 5.41) is 19.0. The minimum absolute atomic E-state index is 0.112. The highest BCUT2D eigenvalue weighted by atomic mass is 35.5. The van der Waals surface area contributed by atoms with Crippen LogP contribution in [-0.2, 0) is 11.2 Å². The molecule has 0 aliphatic carbocycles. The molecule has 0 aliphatic heterocycles. The fourth-order valence-electron chi connectivity index (χ4n) is 2.46. The van der Waals surface area contributed by atoms with Gasteiger partial charge in [-0.2, -0.15) is 0 Å². The van der Waals surface area contributed by atoms with E-state index < -0.39 is 5.97 Å². The Hall–Kier alpha value is -2.99. The molecule has 0 unspecified atom stereocenters. The standard InChI is InChI=1S/C20H19ClO6/c1-3-27-18-9-12(8-15(21)20(18)25)4-6-16(22)13-5-7-17(26-2)14(10-13)11-19(23)24/h4-10,25H,3,11H2,1-2H3,(H,23,24)/b6-4+. The number of halogens is 1. The molecule has 0 aliphatic rings. The van der Waals surface area contributed by atoms with Crippen LogP contribution in [0.4, 0.5) is 0 Å². The number of carboxylic acid groups (broad SMARTS) is 1. The second-order valence-electron chi connectivity index (χ2n) is 5.58. The second-order valence-corrected chi connectivity index (χ2v) is 5.98. The molecule has 0 bridgehead atoms. The molecule has 0 spiro atoms. The number of methoxy groups -OCH3 is 1. The number of carbonyl (C=O) groups is 2. The van der Waals surface area contributed by atoms with Crippen LogP contribution in [0.25, 0.3) is 6.08 Å². The average molecular weight is 391 g/mol. The van der Waals surface area contributed by atoms with Gasteiger partial charge in [-0.15, -0.1) is 0 Å². The average Bonchev–Trinajstić information content (AvgIpc) is 2.63. The smallest absolute Gasteiger partial charge is 0.307 e. The third-order valence-electron chi connectivity index (χ3n) is 3.68. The van der Waals surface area contributed by atoms with Crippen LogP contribution in [0, 0.1) is 0 Å². The number of carboxylic acids is 1. The zero-order valence-electron chi connectivity index (χ0n) is 14.9. The molecule has 6 nitrogen and oxygen atoms in total. The Kier molecular flexibility index (Phi) is 6.85. The number of ketones is 1. The van der Waals surface area contributed by atoms with E-state index in [2.05, 4.69) is 0 Å². The van der Waals surface area contributed by atoms with Gasteiger partial charge in [0.05, 0.1) is 25.2 Å². The van der Waals surface area contributed by atoms with Gasteiger partial charge < -0.3 is 19.7 Å². The third-order valence-corrected chi connectivity index (χ3v) is 3.97. The van der Waals surface area contributed by atoms with Crippen molar-refractivity contribution >= 4 is 29.4 Å². The summed E-state index contributed by atoms with van der Waals surface area (Å²) in [6, 6.07) is 7.69. The van der Waals surface area contributed by atoms with E-state index in [0.29, 0.717) is 29.0 Å². The number of hydrogen-bond donors (Lipinski definition) is 2. The van der Waals surface area contributed by atoms with Crippen molar-refractivity contribution in [1.82, 2.24) is 0 Å². The van der Waals surface area contributed by atoms with Crippen LogP contribution < -0.4 is 9.47 Å². The zero-order chi connectivity index (χ0) is 20.0. The maximum absolute atomic E-state index is 12.4. The predicted molar refractivity (Wildman–Crippen MR) is 102 cm³/mol. The lowest BCUT2D eigenvalue weighted by Crippen LogP contribution is -2.04. The fraction of sp³-hybridized carbons (Fsp3) is 0.200. The Labute approximate surface area is 161 Å². The van der Waals surface area contributed by atoms with E-state index in [1.165, 1.54) is 31.4 Å². The largest absolute Gasteiger partial charge is 0.503 e. The van der Waals surface area contributed by atoms with Gasteiger partial charge in [-0.3, -0.25) is 9.59 Å². The summed E-state index contributed by atoms with van der Waals surface area (Å²) in [5.74, 6) is -0.854. The van der Waals surface area contributed by atoms with E-state index in [1.807, 2.05) is 0 Å². The van der Waals surface area contributed by atoms with E-state index >= 15 is 0 Å². The highest BCUT2D eigenvalue weighted by molar-refractivity contribution is 6.32. The maximum atomic E-state index is 12.4. The number of hydrogen-bond acceptors (Lipinski definition) is 5. The van der Waals surface area contributed by atoms with Crippen molar-refractivity contribution in [1.29, 1.82) is 0 Å². The predicted octanol–water partition coefficient (Wildman–Crippen LogP) is 3.98. The van der Waals surface area contributed by atoms with Crippen molar-refractivity contribution in [2.45, 2.75) is 13.3 Å². The molecule has 2 N–H and O–H groups in total. The monoisotopic (exact) mass is 390 g/mol. The lowest BCUT2D eigenvalue weighted by atomic mass is 10.0. The minimum Gasteiger partial charge on any atom is -0.503 e. The SMILES string of the molecule is CCOc1cc(/C=C/C(=O)c2ccc(OC)c(CC(=O)O)c2)cc(Cl)c1O. The van der Waals surface area contributed by atoms with Gasteiger partial charge in [-0.05, 0) is 48.9 Å². The first-order valence-electron chi connectivity index (χ1n) is 8.12. The number of phenols is 1. The van der Waals surface area contributed by atoms with Crippen LogP contribution in [-0.4, -0.2) is 35.7 Å². The summed E-state index contributed by atoms with van der Waals surface area (Å²) in [6.07, 6.45) is 2.63. The van der Waals surface area contributed by atoms with Gasteiger partial charge in [0.2, 0.25) is 0 Å². The molecule has 0 fully saturated rings. The Morgan fingerprint density at radius 1 is 1.19 bits per heavy atom. The quantitative estimate of drug-likeness (QED) is 0.523. The van der Waals surface area contributed by atoms with E-state index in [9.17, 15) is 14.7 Å². The first-order valence-corrected chi connectivity index (χ1v) is 8.50. The molecule has 2 rings (SSSR count). The van der Waals surface area contributed by atoms with Crippen LogP contribution in [0.5, 0.6) is 17.2 Å². The minimum atomic E-state index is -1.02. The molecule has 7 heteroatoms. The Bertz CT molecular complexity index is 888. The molecular formula is C20H19ClO6. The highest BCUT2D eigenvalue weighted by Gasteiger charge is 2.12. The summed E-state index contributed by atoms with van der Waals surface area (Å²) in [7, 11) is 1.44. The Morgan fingerprint density at radius 2 is 1.93 bits per heavy atom. The van der Waals surface area contributed by atoms with Gasteiger partial charge in [0.25, 0.3) is 0 Å². The van der Waals surface area contributed by atoms with Crippen molar-refractivity contribution in [2.75, 3.05) is 13.7 Å². The molecule has 0 saturated carbocycles. The highest BCUT2D eigenvalue weighted by Crippen LogP contribution is 2.35. The first kappa shape index (κ1) is 20.3. The summed E-state index contributed by atoms with van der Waals surface area (Å²) in [6.45, 7) is 2.13. The normalized spacial score (nSPS) is 10.8. The van der Waals surface area contributed by atoms with E-state index in [-0.39, 0.29) is 28.7 Å². The Balaban J connectivity index is 2.28. The molecule has 0 aromatic heterocycles. The number of aliphatic carboxylic acids is 1. The second kappa shape index (κ2) is 9.09. The van der Waals surface area contributed by atoms with Crippen molar-refractivity contribution in [3.05, 3.63) is 58.1 Å². The molecule has 142 valence electrons. The first-order chi connectivity index (χ1) is 12.8. The number of phenolic OH excluding ortho intramolecular Hbond substituents is 1. The molecule has 2 aromatic rings. The van der Waals surface area contributed by atoms with E-state index in [4.69, 9.17) is 26.2 Å². The summed E-state index contributed by atoms with van der Waals surface area (Å²) in [4.78, 5) is 23.4. The van der Waals surface area contributed by atoms with Crippen molar-refractivity contribution in [3.8, 4) is 17.2 Å². The lowest BCUT2D eigenvalue weighted by molar-refractivity contribution is -0.136. The molecule has 0 amide bonds. The van der Waals surface area contributed by atoms with Crippen molar-refractivity contribution in [2.24, 2.45) is 0 Å². The van der Waals surface area contributed by atoms with Gasteiger partial charge >= 0.3 is 5.97 Å². The molecule has 0 heterocycles. The molecule has 27 heavy (non-hydrogen) atoms. The van der Waals surface area contributed by atoms with Gasteiger partial charge in [0.15, 0.2) is 17.3 Å². The van der Waals surface area contributed by atoms with Gasteiger partial charge in [-0.1, -0.05) is 17.7 Å². The number of benzene rings is 2. The topological polar surface area (TPSA) is 93.1 Å². The van der Waals surface area contributed by atoms with Crippen LogP contribution in [0.3, 0.4) is 0 Å². The zero-order valence-corrected chi connectivity index (χ0v) is 15.6. The number of ether oxygens (including phenoxy) is 2. The van der Waals surface area contributed by atoms with Gasteiger partial charge in [0.1, 0.15) is 5.75 Å². The van der Waals surface area contributed by atoms with Crippen molar-refractivity contribution in [3.63, 3.8) is 0 Å². The summed E-state index contributed by atoms with van der Waals surface area (Å²) >= 11 is 5.97. The number of aromatic hydroxyl groups is 1. The van der Waals surface area contributed by atoms with Gasteiger partial charge in [-0.25, -0.2) is 0 Å². The number of carbonyl (C=O) groups excluding carboxylic acids is 1. The number of rotatable bonds is 8. The molecule has 0 radical (unpaired) electrons. The maximum Gasteiger partial charge on any atom is 0.307 e. The molecular weight excluding hydrogens is 372 g/mol. The van der Waals surface area contributed by atoms with Crippen LogP contribution in [0.2, 0.25) is 5.02 Å². The number of allylic oxidation sites excluding steroid dienone is 1. The Morgan fingerprint density at radius 3 is 2.56 bits per heavy atom. The third kappa shape index (κ3) is 5.24. The summed E-state index contributed by atoms with van der Waals surface area (Å²) < 4.78 is 10.4. The fourth-order valence-corrected chi connectivity index (χ4v) is 2.68. The lowest BCUT2D eigenvalue weighted by Gasteiger charge is -2.09. The van der Waals surface area contributed by atoms with Crippen molar-refractivity contribution < 1.29 is 29.3 Å². The molecule has 0 saturated heterocycles. The molecule has 2 aromatic carbocycles.